The van der Waals surface area contributed by atoms with E-state index in [9.17, 15) is 10.1 Å². The Morgan fingerprint density at radius 2 is 2.10 bits per heavy atom. The summed E-state index contributed by atoms with van der Waals surface area (Å²) in [5.41, 5.74) is 7.77. The Balaban J connectivity index is 1.92. The van der Waals surface area contributed by atoms with Crippen molar-refractivity contribution in [3.8, 4) is 23.3 Å². The number of benzene rings is 1. The van der Waals surface area contributed by atoms with E-state index in [-0.39, 0.29) is 23.1 Å². The van der Waals surface area contributed by atoms with E-state index in [1.165, 1.54) is 7.11 Å². The van der Waals surface area contributed by atoms with E-state index in [1.807, 2.05) is 6.92 Å². The summed E-state index contributed by atoms with van der Waals surface area (Å²) in [6.45, 7) is 3.00. The van der Waals surface area contributed by atoms with Gasteiger partial charge in [0.25, 0.3) is 5.56 Å². The number of methoxy groups -OCH3 is 2. The number of rotatable bonds is 5. The first-order valence-corrected chi connectivity index (χ1v) is 10.1. The highest BCUT2D eigenvalue weighted by atomic mass is 16.5. The molecule has 162 valence electrons. The number of nitriles is 1. The number of fused-ring (bicyclic) bond motifs is 1. The Morgan fingerprint density at radius 3 is 2.74 bits per heavy atom. The Kier molecular flexibility index (Phi) is 5.61. The molecule has 1 aromatic carbocycles. The minimum atomic E-state index is -0.724. The second kappa shape index (κ2) is 8.36. The maximum atomic E-state index is 13.7. The molecule has 1 aromatic heterocycles. The van der Waals surface area contributed by atoms with E-state index >= 15 is 0 Å². The molecule has 8 heteroatoms. The summed E-state index contributed by atoms with van der Waals surface area (Å²) < 4.78 is 24.0. The number of ether oxygens (including phenoxy) is 4. The molecule has 0 bridgehead atoms. The Bertz CT molecular complexity index is 1140. The zero-order valence-corrected chi connectivity index (χ0v) is 17.8. The van der Waals surface area contributed by atoms with Gasteiger partial charge in [0.2, 0.25) is 5.88 Å². The van der Waals surface area contributed by atoms with Crippen LogP contribution in [-0.4, -0.2) is 31.5 Å². The maximum Gasteiger partial charge on any atom is 0.258 e. The summed E-state index contributed by atoms with van der Waals surface area (Å²) >= 11 is 0. The zero-order valence-electron chi connectivity index (χ0n) is 17.8. The molecule has 2 aliphatic rings. The van der Waals surface area contributed by atoms with Crippen LogP contribution >= 0.6 is 0 Å². The van der Waals surface area contributed by atoms with Gasteiger partial charge in [0.1, 0.15) is 28.9 Å². The SMILES string of the molecule is COc1ccc([C@H]2C(C#N)=C(N)Oc3cc(C)n(C[C@H]4CCCO4)c(=O)c32)c(OC)c1. The third-order valence-corrected chi connectivity index (χ3v) is 5.85. The molecule has 0 saturated carbocycles. The lowest BCUT2D eigenvalue weighted by Gasteiger charge is -2.28. The number of aryl methyl sites for hydroxylation is 1. The molecule has 0 spiro atoms. The lowest BCUT2D eigenvalue weighted by molar-refractivity contribution is 0.0954. The minimum Gasteiger partial charge on any atom is -0.497 e. The molecular formula is C23H25N3O5. The van der Waals surface area contributed by atoms with Crippen LogP contribution in [0.2, 0.25) is 0 Å². The predicted molar refractivity (Wildman–Crippen MR) is 113 cm³/mol. The van der Waals surface area contributed by atoms with E-state index in [0.717, 1.165) is 18.5 Å². The number of nitrogens with zero attached hydrogens (tertiary/aromatic N) is 2. The first-order valence-electron chi connectivity index (χ1n) is 10.1. The van der Waals surface area contributed by atoms with Crippen LogP contribution in [-0.2, 0) is 11.3 Å². The van der Waals surface area contributed by atoms with Gasteiger partial charge in [0, 0.05) is 30.0 Å². The smallest absolute Gasteiger partial charge is 0.258 e. The van der Waals surface area contributed by atoms with Gasteiger partial charge in [0.05, 0.1) is 38.3 Å². The summed E-state index contributed by atoms with van der Waals surface area (Å²) in [6.07, 6.45) is 1.88. The molecule has 0 amide bonds. The maximum absolute atomic E-state index is 13.7. The largest absolute Gasteiger partial charge is 0.497 e. The van der Waals surface area contributed by atoms with Crippen molar-refractivity contribution in [2.24, 2.45) is 5.73 Å². The van der Waals surface area contributed by atoms with Gasteiger partial charge >= 0.3 is 0 Å². The summed E-state index contributed by atoms with van der Waals surface area (Å²) in [7, 11) is 3.09. The normalized spacial score (nSPS) is 20.1. The molecule has 3 heterocycles. The highest BCUT2D eigenvalue weighted by Crippen LogP contribution is 2.44. The van der Waals surface area contributed by atoms with Crippen molar-refractivity contribution >= 4 is 0 Å². The van der Waals surface area contributed by atoms with Crippen LogP contribution in [0.25, 0.3) is 0 Å². The number of nitrogens with two attached hydrogens (primary N) is 1. The van der Waals surface area contributed by atoms with E-state index < -0.39 is 5.92 Å². The van der Waals surface area contributed by atoms with Crippen LogP contribution in [0.3, 0.4) is 0 Å². The van der Waals surface area contributed by atoms with Gasteiger partial charge in [0.15, 0.2) is 0 Å². The molecule has 0 unspecified atom stereocenters. The average molecular weight is 423 g/mol. The van der Waals surface area contributed by atoms with Crippen LogP contribution in [0.5, 0.6) is 17.2 Å². The molecule has 0 aliphatic carbocycles. The topological polar surface area (TPSA) is 109 Å². The van der Waals surface area contributed by atoms with E-state index in [2.05, 4.69) is 6.07 Å². The fourth-order valence-corrected chi connectivity index (χ4v) is 4.27. The molecule has 2 aliphatic heterocycles. The van der Waals surface area contributed by atoms with Crippen LogP contribution in [0.15, 0.2) is 40.5 Å². The number of hydrogen-bond acceptors (Lipinski definition) is 7. The van der Waals surface area contributed by atoms with Crippen molar-refractivity contribution in [1.29, 1.82) is 5.26 Å². The third-order valence-electron chi connectivity index (χ3n) is 5.85. The molecule has 31 heavy (non-hydrogen) atoms. The lowest BCUT2D eigenvalue weighted by atomic mass is 9.83. The van der Waals surface area contributed by atoms with Crippen molar-refractivity contribution in [3.05, 3.63) is 62.9 Å². The molecule has 8 nitrogen and oxygen atoms in total. The van der Waals surface area contributed by atoms with Crippen molar-refractivity contribution < 1.29 is 18.9 Å². The van der Waals surface area contributed by atoms with Crippen molar-refractivity contribution in [2.75, 3.05) is 20.8 Å². The van der Waals surface area contributed by atoms with Crippen molar-refractivity contribution in [1.82, 2.24) is 4.57 Å². The van der Waals surface area contributed by atoms with Gasteiger partial charge in [-0.3, -0.25) is 4.79 Å². The molecular weight excluding hydrogens is 398 g/mol. The van der Waals surface area contributed by atoms with Gasteiger partial charge in [-0.15, -0.1) is 0 Å². The van der Waals surface area contributed by atoms with Crippen molar-refractivity contribution in [3.63, 3.8) is 0 Å². The standard InChI is InChI=1S/C23H25N3O5/c1-13-9-19-21(23(27)26(13)12-15-5-4-8-30-15)20(17(11-24)22(25)31-19)16-7-6-14(28-2)10-18(16)29-3/h6-7,9-10,15,20H,4-5,8,12,25H2,1-3H3/t15-,20+/m1/s1. The summed E-state index contributed by atoms with van der Waals surface area (Å²) in [5.74, 6) is 0.698. The number of allylic oxidation sites excluding steroid dienone is 1. The molecule has 1 saturated heterocycles. The second-order valence-electron chi connectivity index (χ2n) is 7.65. The first kappa shape index (κ1) is 20.8. The highest BCUT2D eigenvalue weighted by molar-refractivity contribution is 5.59. The highest BCUT2D eigenvalue weighted by Gasteiger charge is 2.36. The number of aromatic nitrogens is 1. The van der Waals surface area contributed by atoms with Gasteiger partial charge in [-0.05, 0) is 25.8 Å². The lowest BCUT2D eigenvalue weighted by Crippen LogP contribution is -2.35. The van der Waals surface area contributed by atoms with E-state index in [0.29, 0.717) is 41.5 Å². The molecule has 2 N–H and O–H groups in total. The molecule has 0 radical (unpaired) electrons. The fourth-order valence-electron chi connectivity index (χ4n) is 4.27. The number of pyridine rings is 1. The van der Waals surface area contributed by atoms with Gasteiger partial charge in [-0.1, -0.05) is 6.07 Å². The Hall–Kier alpha value is -3.44. The molecule has 2 atom stereocenters. The number of hydrogen-bond donors (Lipinski definition) is 1. The second-order valence-corrected chi connectivity index (χ2v) is 7.65. The van der Waals surface area contributed by atoms with Gasteiger partial charge < -0.3 is 29.2 Å². The molecule has 2 aromatic rings. The Morgan fingerprint density at radius 1 is 1.29 bits per heavy atom. The van der Waals surface area contributed by atoms with Crippen LogP contribution < -0.4 is 25.5 Å². The predicted octanol–water partition coefficient (Wildman–Crippen LogP) is 2.57. The van der Waals surface area contributed by atoms with Crippen LogP contribution in [0.4, 0.5) is 0 Å². The molecule has 4 rings (SSSR count). The first-order chi connectivity index (χ1) is 15.0. The van der Waals surface area contributed by atoms with Gasteiger partial charge in [-0.25, -0.2) is 0 Å². The van der Waals surface area contributed by atoms with Gasteiger partial charge in [-0.2, -0.15) is 5.26 Å². The summed E-state index contributed by atoms with van der Waals surface area (Å²) in [6, 6.07) is 9.18. The third kappa shape index (κ3) is 3.62. The zero-order chi connectivity index (χ0) is 22.1. The van der Waals surface area contributed by atoms with Crippen molar-refractivity contribution in [2.45, 2.75) is 38.3 Å². The average Bonchev–Trinajstić information content (AvgIpc) is 3.28. The molecule has 1 fully saturated rings. The monoisotopic (exact) mass is 423 g/mol. The summed E-state index contributed by atoms with van der Waals surface area (Å²) in [5, 5.41) is 9.87. The van der Waals surface area contributed by atoms with E-state index in [1.54, 1.807) is 35.9 Å². The van der Waals surface area contributed by atoms with Crippen LogP contribution in [0, 0.1) is 18.3 Å². The summed E-state index contributed by atoms with van der Waals surface area (Å²) in [4.78, 5) is 13.7. The fraction of sp³-hybridized carbons (Fsp3) is 0.391. The van der Waals surface area contributed by atoms with E-state index in [4.69, 9.17) is 24.7 Å². The quantitative estimate of drug-likeness (QED) is 0.787. The Labute approximate surface area is 180 Å². The minimum absolute atomic E-state index is 0.0102. The van der Waals surface area contributed by atoms with Crippen LogP contribution in [0.1, 0.15) is 35.6 Å².